The Morgan fingerprint density at radius 1 is 0.960 bits per heavy atom. The first-order valence-corrected chi connectivity index (χ1v) is 7.92. The first-order chi connectivity index (χ1) is 12.2. The van der Waals surface area contributed by atoms with Crippen LogP contribution >= 0.6 is 0 Å². The van der Waals surface area contributed by atoms with Crippen LogP contribution in [-0.2, 0) is 0 Å². The molecule has 0 spiro atoms. The Kier molecular flexibility index (Phi) is 3.82. The fourth-order valence-electron chi connectivity index (χ4n) is 2.70. The molecular formula is C20H15FN4. The topological polar surface area (TPSA) is 43.6 Å². The van der Waals surface area contributed by atoms with Crippen LogP contribution in [0.5, 0.6) is 0 Å². The van der Waals surface area contributed by atoms with E-state index in [-0.39, 0.29) is 5.82 Å². The number of rotatable bonds is 3. The highest BCUT2D eigenvalue weighted by Crippen LogP contribution is 2.24. The lowest BCUT2D eigenvalue weighted by atomic mass is 10.1. The Hall–Kier alpha value is -3.34. The first-order valence-electron chi connectivity index (χ1n) is 7.92. The van der Waals surface area contributed by atoms with Crippen molar-refractivity contribution in [1.29, 1.82) is 0 Å². The second-order valence-electron chi connectivity index (χ2n) is 5.68. The lowest BCUT2D eigenvalue weighted by molar-refractivity contribution is 0.625. The van der Waals surface area contributed by atoms with Crippen LogP contribution in [0.1, 0.15) is 5.69 Å². The van der Waals surface area contributed by atoms with Gasteiger partial charge >= 0.3 is 0 Å². The van der Waals surface area contributed by atoms with Crippen LogP contribution in [0.15, 0.2) is 73.1 Å². The van der Waals surface area contributed by atoms with Crippen molar-refractivity contribution < 1.29 is 4.39 Å². The van der Waals surface area contributed by atoms with Gasteiger partial charge in [0, 0.05) is 23.5 Å². The molecule has 2 aromatic heterocycles. The second-order valence-corrected chi connectivity index (χ2v) is 5.68. The fourth-order valence-corrected chi connectivity index (χ4v) is 2.70. The molecule has 4 nitrogen and oxygen atoms in total. The van der Waals surface area contributed by atoms with E-state index in [9.17, 15) is 4.39 Å². The van der Waals surface area contributed by atoms with Gasteiger partial charge in [0.05, 0.1) is 17.1 Å². The van der Waals surface area contributed by atoms with Gasteiger partial charge in [-0.2, -0.15) is 5.10 Å². The molecule has 0 amide bonds. The van der Waals surface area contributed by atoms with E-state index in [0.29, 0.717) is 11.5 Å². The van der Waals surface area contributed by atoms with E-state index in [0.717, 1.165) is 22.5 Å². The van der Waals surface area contributed by atoms with Crippen molar-refractivity contribution in [3.05, 3.63) is 84.6 Å². The first kappa shape index (κ1) is 15.2. The van der Waals surface area contributed by atoms with Gasteiger partial charge in [0.25, 0.3) is 0 Å². The highest BCUT2D eigenvalue weighted by atomic mass is 19.1. The Morgan fingerprint density at radius 3 is 2.60 bits per heavy atom. The standard InChI is InChI=1S/C20H15FN4/c1-14-18(13-25(24-14)17-9-5-8-16(21)12-17)19-10-11-22-20(23-19)15-6-3-2-4-7-15/h2-13H,1H3. The van der Waals surface area contributed by atoms with Crippen LogP contribution in [0.4, 0.5) is 4.39 Å². The summed E-state index contributed by atoms with van der Waals surface area (Å²) in [6.45, 7) is 1.91. The molecule has 2 aromatic carbocycles. The molecule has 0 N–H and O–H groups in total. The Balaban J connectivity index is 1.76. The van der Waals surface area contributed by atoms with Gasteiger partial charge < -0.3 is 0 Å². The van der Waals surface area contributed by atoms with Crippen molar-refractivity contribution in [2.75, 3.05) is 0 Å². The van der Waals surface area contributed by atoms with Gasteiger partial charge in [-0.1, -0.05) is 36.4 Å². The lowest BCUT2D eigenvalue weighted by Crippen LogP contribution is -1.95. The Labute approximate surface area is 144 Å². The maximum Gasteiger partial charge on any atom is 0.159 e. The molecule has 0 saturated carbocycles. The van der Waals surface area contributed by atoms with Crippen molar-refractivity contribution in [3.8, 4) is 28.3 Å². The van der Waals surface area contributed by atoms with E-state index in [4.69, 9.17) is 0 Å². The molecule has 122 valence electrons. The van der Waals surface area contributed by atoms with E-state index in [2.05, 4.69) is 15.1 Å². The van der Waals surface area contributed by atoms with Gasteiger partial charge in [-0.3, -0.25) is 0 Å². The van der Waals surface area contributed by atoms with Gasteiger partial charge in [0.2, 0.25) is 0 Å². The predicted molar refractivity (Wildman–Crippen MR) is 94.7 cm³/mol. The molecule has 0 saturated heterocycles. The number of benzene rings is 2. The van der Waals surface area contributed by atoms with Crippen molar-refractivity contribution >= 4 is 0 Å². The minimum absolute atomic E-state index is 0.291. The van der Waals surface area contributed by atoms with Gasteiger partial charge in [-0.05, 0) is 31.2 Å². The maximum absolute atomic E-state index is 13.5. The summed E-state index contributed by atoms with van der Waals surface area (Å²) in [7, 11) is 0. The summed E-state index contributed by atoms with van der Waals surface area (Å²) >= 11 is 0. The number of halogens is 1. The third-order valence-electron chi connectivity index (χ3n) is 3.94. The van der Waals surface area contributed by atoms with E-state index in [1.165, 1.54) is 12.1 Å². The van der Waals surface area contributed by atoms with Crippen LogP contribution in [0.2, 0.25) is 0 Å². The molecule has 0 aliphatic rings. The van der Waals surface area contributed by atoms with Crippen LogP contribution in [-0.4, -0.2) is 19.7 Å². The quantitative estimate of drug-likeness (QED) is 0.557. The molecule has 0 bridgehead atoms. The van der Waals surface area contributed by atoms with Gasteiger partial charge in [-0.25, -0.2) is 19.0 Å². The molecule has 4 rings (SSSR count). The number of hydrogen-bond acceptors (Lipinski definition) is 3. The highest BCUT2D eigenvalue weighted by molar-refractivity contribution is 5.65. The number of hydrogen-bond donors (Lipinski definition) is 0. The number of nitrogens with zero attached hydrogens (tertiary/aromatic N) is 4. The molecule has 0 unspecified atom stereocenters. The van der Waals surface area contributed by atoms with Crippen LogP contribution in [0.3, 0.4) is 0 Å². The number of aromatic nitrogens is 4. The average molecular weight is 330 g/mol. The molecule has 0 aliphatic heterocycles. The largest absolute Gasteiger partial charge is 0.240 e. The fraction of sp³-hybridized carbons (Fsp3) is 0.0500. The van der Waals surface area contributed by atoms with E-state index in [1.807, 2.05) is 55.6 Å². The van der Waals surface area contributed by atoms with Crippen molar-refractivity contribution in [2.24, 2.45) is 0 Å². The molecule has 4 aromatic rings. The van der Waals surface area contributed by atoms with E-state index >= 15 is 0 Å². The van der Waals surface area contributed by atoms with Crippen LogP contribution in [0.25, 0.3) is 28.3 Å². The van der Waals surface area contributed by atoms with Crippen molar-refractivity contribution in [3.63, 3.8) is 0 Å². The number of aryl methyl sites for hydroxylation is 1. The van der Waals surface area contributed by atoms with E-state index in [1.54, 1.807) is 16.9 Å². The molecule has 25 heavy (non-hydrogen) atoms. The summed E-state index contributed by atoms with van der Waals surface area (Å²) < 4.78 is 15.1. The smallest absolute Gasteiger partial charge is 0.159 e. The molecule has 2 heterocycles. The lowest BCUT2D eigenvalue weighted by Gasteiger charge is -2.03. The molecule has 5 heteroatoms. The molecule has 0 fully saturated rings. The average Bonchev–Trinajstić information content (AvgIpc) is 3.04. The SMILES string of the molecule is Cc1nn(-c2cccc(F)c2)cc1-c1ccnc(-c2ccccc2)n1. The maximum atomic E-state index is 13.5. The van der Waals surface area contributed by atoms with Crippen molar-refractivity contribution in [1.82, 2.24) is 19.7 Å². The molecular weight excluding hydrogens is 315 g/mol. The summed E-state index contributed by atoms with van der Waals surface area (Å²) in [6, 6.07) is 18.0. The van der Waals surface area contributed by atoms with Crippen LogP contribution < -0.4 is 0 Å². The molecule has 0 radical (unpaired) electrons. The predicted octanol–water partition coefficient (Wildman–Crippen LogP) is 4.44. The summed E-state index contributed by atoms with van der Waals surface area (Å²) in [4.78, 5) is 9.01. The Bertz CT molecular complexity index is 1020. The van der Waals surface area contributed by atoms with Gasteiger partial charge in [0.1, 0.15) is 5.82 Å². The summed E-state index contributed by atoms with van der Waals surface area (Å²) in [5.74, 6) is 0.372. The zero-order chi connectivity index (χ0) is 17.2. The normalized spacial score (nSPS) is 10.8. The zero-order valence-corrected chi connectivity index (χ0v) is 13.6. The Morgan fingerprint density at radius 2 is 1.80 bits per heavy atom. The monoisotopic (exact) mass is 330 g/mol. The van der Waals surface area contributed by atoms with Gasteiger partial charge in [-0.15, -0.1) is 0 Å². The molecule has 0 aliphatic carbocycles. The third kappa shape index (κ3) is 3.04. The third-order valence-corrected chi connectivity index (χ3v) is 3.94. The minimum Gasteiger partial charge on any atom is -0.240 e. The minimum atomic E-state index is -0.291. The summed E-state index contributed by atoms with van der Waals surface area (Å²) in [5, 5.41) is 4.49. The van der Waals surface area contributed by atoms with Crippen LogP contribution in [0, 0.1) is 12.7 Å². The van der Waals surface area contributed by atoms with Gasteiger partial charge in [0.15, 0.2) is 5.82 Å². The van der Waals surface area contributed by atoms with E-state index < -0.39 is 0 Å². The summed E-state index contributed by atoms with van der Waals surface area (Å²) in [6.07, 6.45) is 3.60. The summed E-state index contributed by atoms with van der Waals surface area (Å²) in [5.41, 5.74) is 4.13. The molecule has 0 atom stereocenters. The van der Waals surface area contributed by atoms with Crippen molar-refractivity contribution in [2.45, 2.75) is 6.92 Å². The second kappa shape index (κ2) is 6.28. The highest BCUT2D eigenvalue weighted by Gasteiger charge is 2.12. The zero-order valence-electron chi connectivity index (χ0n) is 13.6.